The lowest BCUT2D eigenvalue weighted by Gasteiger charge is -1.94. The Kier molecular flexibility index (Phi) is 3.75. The molecule has 1 aliphatic rings. The van der Waals surface area contributed by atoms with Crippen molar-refractivity contribution in [2.24, 2.45) is 0 Å². The van der Waals surface area contributed by atoms with Gasteiger partial charge in [0.25, 0.3) is 11.8 Å². The van der Waals surface area contributed by atoms with Crippen LogP contribution in [-0.2, 0) is 0 Å². The van der Waals surface area contributed by atoms with E-state index >= 15 is 0 Å². The van der Waals surface area contributed by atoms with Gasteiger partial charge in [0.15, 0.2) is 0 Å². The second kappa shape index (κ2) is 5.47. The minimum atomic E-state index is -0.416. The van der Waals surface area contributed by atoms with E-state index in [-0.39, 0.29) is 11.5 Å². The zero-order chi connectivity index (χ0) is 13.0. The maximum absolute atomic E-state index is 11.1. The van der Waals surface area contributed by atoms with Crippen LogP contribution in [0.1, 0.15) is 20.7 Å². The Bertz CT molecular complexity index is 555. The summed E-state index contributed by atoms with van der Waals surface area (Å²) in [7, 11) is 0. The van der Waals surface area contributed by atoms with Crippen LogP contribution in [0.4, 0.5) is 0 Å². The Labute approximate surface area is 109 Å². The third kappa shape index (κ3) is 2.57. The number of carbonyl (C=O) groups is 2. The summed E-state index contributed by atoms with van der Waals surface area (Å²) in [4.78, 5) is 22.1. The molecule has 0 spiro atoms. The van der Waals surface area contributed by atoms with Crippen LogP contribution in [0.3, 0.4) is 0 Å². The van der Waals surface area contributed by atoms with Crippen molar-refractivity contribution in [3.63, 3.8) is 0 Å². The van der Waals surface area contributed by atoms with E-state index in [1.165, 1.54) is 0 Å². The van der Waals surface area contributed by atoms with Gasteiger partial charge in [0.2, 0.25) is 0 Å². The topological polar surface area (TPSA) is 46.2 Å². The number of benzene rings is 2. The zero-order valence-electron chi connectivity index (χ0n) is 9.39. The molecular formula is C14H10ClNO2. The van der Waals surface area contributed by atoms with Crippen molar-refractivity contribution in [1.82, 2.24) is 5.32 Å². The van der Waals surface area contributed by atoms with Crippen LogP contribution >= 0.6 is 11.6 Å². The number of imide groups is 1. The van der Waals surface area contributed by atoms with Crippen LogP contribution in [-0.4, -0.2) is 11.8 Å². The molecule has 4 heteroatoms. The van der Waals surface area contributed by atoms with Crippen molar-refractivity contribution >= 4 is 23.4 Å². The minimum absolute atomic E-state index is 0.282. The summed E-state index contributed by atoms with van der Waals surface area (Å²) >= 11 is 5.72. The zero-order valence-corrected chi connectivity index (χ0v) is 10.1. The van der Waals surface area contributed by atoms with E-state index in [9.17, 15) is 9.59 Å². The highest BCUT2D eigenvalue weighted by Crippen LogP contribution is 2.23. The SMILES string of the molecule is O=C1NC(=O)c2c(Cl)cccc21.c1ccccc1. The Morgan fingerprint density at radius 3 is 1.83 bits per heavy atom. The summed E-state index contributed by atoms with van der Waals surface area (Å²) < 4.78 is 0. The molecule has 0 radical (unpaired) electrons. The molecule has 3 rings (SSSR count). The molecule has 3 nitrogen and oxygen atoms in total. The van der Waals surface area contributed by atoms with Crippen molar-refractivity contribution in [2.75, 3.05) is 0 Å². The first kappa shape index (κ1) is 12.3. The molecule has 1 heterocycles. The van der Waals surface area contributed by atoms with Gasteiger partial charge in [-0.3, -0.25) is 14.9 Å². The van der Waals surface area contributed by atoms with Gasteiger partial charge in [-0.2, -0.15) is 0 Å². The fraction of sp³-hybridized carbons (Fsp3) is 0. The first-order valence-electron chi connectivity index (χ1n) is 5.34. The quantitative estimate of drug-likeness (QED) is 0.740. The smallest absolute Gasteiger partial charge is 0.260 e. The van der Waals surface area contributed by atoms with Gasteiger partial charge in [-0.25, -0.2) is 0 Å². The normalized spacial score (nSPS) is 12.3. The first-order valence-corrected chi connectivity index (χ1v) is 5.72. The fourth-order valence-corrected chi connectivity index (χ4v) is 1.82. The monoisotopic (exact) mass is 259 g/mol. The minimum Gasteiger partial charge on any atom is -0.288 e. The third-order valence-electron chi connectivity index (χ3n) is 2.38. The number of rotatable bonds is 0. The molecule has 2 aromatic rings. The van der Waals surface area contributed by atoms with E-state index in [4.69, 9.17) is 11.6 Å². The van der Waals surface area contributed by atoms with E-state index in [0.717, 1.165) is 0 Å². The molecule has 0 saturated heterocycles. The first-order chi connectivity index (χ1) is 8.70. The van der Waals surface area contributed by atoms with Gasteiger partial charge < -0.3 is 0 Å². The molecule has 2 aromatic carbocycles. The molecule has 0 saturated carbocycles. The van der Waals surface area contributed by atoms with E-state index in [0.29, 0.717) is 10.6 Å². The maximum Gasteiger partial charge on any atom is 0.260 e. The largest absolute Gasteiger partial charge is 0.288 e. The van der Waals surface area contributed by atoms with Crippen molar-refractivity contribution in [3.05, 3.63) is 70.7 Å². The van der Waals surface area contributed by atoms with Crippen LogP contribution in [0.5, 0.6) is 0 Å². The molecule has 18 heavy (non-hydrogen) atoms. The average molecular weight is 260 g/mol. The van der Waals surface area contributed by atoms with Crippen molar-refractivity contribution in [3.8, 4) is 0 Å². The van der Waals surface area contributed by atoms with Gasteiger partial charge in [0.1, 0.15) is 0 Å². The van der Waals surface area contributed by atoms with Gasteiger partial charge in [0, 0.05) is 0 Å². The Morgan fingerprint density at radius 1 is 0.778 bits per heavy atom. The van der Waals surface area contributed by atoms with Gasteiger partial charge in [0.05, 0.1) is 16.1 Å². The average Bonchev–Trinajstić information content (AvgIpc) is 2.69. The molecule has 0 bridgehead atoms. The summed E-state index contributed by atoms with van der Waals surface area (Å²) in [5.74, 6) is -0.793. The summed E-state index contributed by atoms with van der Waals surface area (Å²) in [6.45, 7) is 0. The summed E-state index contributed by atoms with van der Waals surface area (Å²) in [5.41, 5.74) is 0.636. The molecule has 0 aliphatic carbocycles. The predicted molar refractivity (Wildman–Crippen MR) is 69.7 cm³/mol. The number of fused-ring (bicyclic) bond motifs is 1. The summed E-state index contributed by atoms with van der Waals surface area (Å²) in [5, 5.41) is 2.48. The van der Waals surface area contributed by atoms with Gasteiger partial charge in [-0.05, 0) is 12.1 Å². The van der Waals surface area contributed by atoms with Crippen LogP contribution < -0.4 is 5.32 Å². The van der Waals surface area contributed by atoms with Crippen LogP contribution in [0.15, 0.2) is 54.6 Å². The van der Waals surface area contributed by atoms with E-state index < -0.39 is 5.91 Å². The van der Waals surface area contributed by atoms with Gasteiger partial charge in [-0.1, -0.05) is 54.1 Å². The number of halogens is 1. The second-order valence-electron chi connectivity index (χ2n) is 3.60. The molecule has 0 aromatic heterocycles. The highest BCUT2D eigenvalue weighted by atomic mass is 35.5. The second-order valence-corrected chi connectivity index (χ2v) is 4.01. The lowest BCUT2D eigenvalue weighted by atomic mass is 10.1. The Balaban J connectivity index is 0.000000169. The standard InChI is InChI=1S/C8H4ClNO2.C6H6/c9-5-3-1-2-4-6(5)8(12)10-7(4)11;1-2-4-6-5-3-1/h1-3H,(H,10,11,12);1-6H. The number of nitrogens with one attached hydrogen (secondary N) is 1. The van der Waals surface area contributed by atoms with Crippen LogP contribution in [0.2, 0.25) is 5.02 Å². The number of carbonyl (C=O) groups excluding carboxylic acids is 2. The van der Waals surface area contributed by atoms with Crippen molar-refractivity contribution in [1.29, 1.82) is 0 Å². The van der Waals surface area contributed by atoms with Crippen LogP contribution in [0.25, 0.3) is 0 Å². The van der Waals surface area contributed by atoms with E-state index in [2.05, 4.69) is 5.32 Å². The maximum atomic E-state index is 11.1. The van der Waals surface area contributed by atoms with Crippen LogP contribution in [0, 0.1) is 0 Å². The lowest BCUT2D eigenvalue weighted by Crippen LogP contribution is -2.19. The van der Waals surface area contributed by atoms with E-state index in [1.807, 2.05) is 36.4 Å². The summed E-state index contributed by atoms with van der Waals surface area (Å²) in [6, 6.07) is 16.8. The number of hydrogen-bond acceptors (Lipinski definition) is 2. The number of hydrogen-bond donors (Lipinski definition) is 1. The highest BCUT2D eigenvalue weighted by molar-refractivity contribution is 6.37. The number of amides is 2. The molecule has 2 amide bonds. The molecule has 1 N–H and O–H groups in total. The Morgan fingerprint density at radius 2 is 1.33 bits per heavy atom. The molecule has 0 atom stereocenters. The molecule has 0 unspecified atom stereocenters. The molecular weight excluding hydrogens is 250 g/mol. The molecule has 0 fully saturated rings. The molecule has 90 valence electrons. The van der Waals surface area contributed by atoms with Crippen molar-refractivity contribution in [2.45, 2.75) is 0 Å². The lowest BCUT2D eigenvalue weighted by molar-refractivity contribution is 0.0879. The molecule has 1 aliphatic heterocycles. The third-order valence-corrected chi connectivity index (χ3v) is 2.69. The van der Waals surface area contributed by atoms with Gasteiger partial charge in [-0.15, -0.1) is 0 Å². The Hall–Kier alpha value is -2.13. The highest BCUT2D eigenvalue weighted by Gasteiger charge is 2.28. The van der Waals surface area contributed by atoms with Gasteiger partial charge >= 0.3 is 0 Å². The predicted octanol–water partition coefficient (Wildman–Crippen LogP) is 2.91. The van der Waals surface area contributed by atoms with E-state index in [1.54, 1.807) is 18.2 Å². The summed E-state index contributed by atoms with van der Waals surface area (Å²) in [6.07, 6.45) is 0. The van der Waals surface area contributed by atoms with Crippen molar-refractivity contribution < 1.29 is 9.59 Å². The fourth-order valence-electron chi connectivity index (χ4n) is 1.56.